The minimum Gasteiger partial charge on any atom is -0.460 e. The number of ether oxygens (including phenoxy) is 1. The normalized spacial score (nSPS) is 32.5. The van der Waals surface area contributed by atoms with Crippen molar-refractivity contribution in [3.05, 3.63) is 35.9 Å². The quantitative estimate of drug-likeness (QED) is 0.863. The Kier molecular flexibility index (Phi) is 4.35. The van der Waals surface area contributed by atoms with Crippen LogP contribution in [0.25, 0.3) is 0 Å². The first kappa shape index (κ1) is 16.1. The van der Waals surface area contributed by atoms with Crippen LogP contribution in [0.2, 0.25) is 0 Å². The standard InChI is InChI=1S/C20H27NO3/c22-19(24-17-14-21-12-8-15(17)9-13-21)18(16-6-2-1-3-7-16)20(23)10-4-5-11-20/h1-3,6-7,15,17-18,23H,4-5,8-14H2. The number of aliphatic hydroxyl groups is 1. The van der Waals surface area contributed by atoms with Crippen LogP contribution in [0.5, 0.6) is 0 Å². The molecule has 0 spiro atoms. The minimum absolute atomic E-state index is 0.00350. The van der Waals surface area contributed by atoms with Gasteiger partial charge in [-0.2, -0.15) is 0 Å². The third kappa shape index (κ3) is 2.98. The van der Waals surface area contributed by atoms with Gasteiger partial charge in [-0.05, 0) is 50.3 Å². The predicted molar refractivity (Wildman–Crippen MR) is 91.6 cm³/mol. The highest BCUT2D eigenvalue weighted by molar-refractivity contribution is 5.80. The average Bonchev–Trinajstić information content (AvgIpc) is 3.04. The number of hydrogen-bond donors (Lipinski definition) is 1. The molecule has 5 rings (SSSR count). The van der Waals surface area contributed by atoms with Crippen LogP contribution in [0.3, 0.4) is 0 Å². The fraction of sp³-hybridized carbons (Fsp3) is 0.650. The van der Waals surface area contributed by atoms with Crippen molar-refractivity contribution >= 4 is 5.97 Å². The van der Waals surface area contributed by atoms with Gasteiger partial charge in [0.2, 0.25) is 0 Å². The van der Waals surface area contributed by atoms with Crippen molar-refractivity contribution in [1.82, 2.24) is 4.90 Å². The van der Waals surface area contributed by atoms with Crippen LogP contribution in [-0.2, 0) is 9.53 Å². The van der Waals surface area contributed by atoms with Gasteiger partial charge in [0.25, 0.3) is 0 Å². The second-order valence-electron chi connectivity index (χ2n) is 7.77. The van der Waals surface area contributed by atoms with Gasteiger partial charge in [0.05, 0.1) is 5.60 Å². The number of hydrogen-bond acceptors (Lipinski definition) is 4. The molecule has 1 aromatic carbocycles. The summed E-state index contributed by atoms with van der Waals surface area (Å²) in [7, 11) is 0. The molecule has 4 heteroatoms. The van der Waals surface area contributed by atoms with E-state index in [4.69, 9.17) is 4.74 Å². The SMILES string of the molecule is O=C(OC1CN2CCC1CC2)C(c1ccccc1)C1(O)CCCC1. The van der Waals surface area contributed by atoms with Crippen molar-refractivity contribution in [1.29, 1.82) is 0 Å². The smallest absolute Gasteiger partial charge is 0.316 e. The lowest BCUT2D eigenvalue weighted by Gasteiger charge is -2.44. The van der Waals surface area contributed by atoms with E-state index in [1.54, 1.807) is 0 Å². The minimum atomic E-state index is -0.952. The molecule has 4 aliphatic rings. The first-order valence-corrected chi connectivity index (χ1v) is 9.36. The highest BCUT2D eigenvalue weighted by Crippen LogP contribution is 2.42. The molecular formula is C20H27NO3. The molecule has 3 heterocycles. The van der Waals surface area contributed by atoms with Crippen LogP contribution in [0, 0.1) is 5.92 Å². The Morgan fingerprint density at radius 3 is 2.42 bits per heavy atom. The molecule has 2 atom stereocenters. The zero-order chi connectivity index (χ0) is 16.6. The van der Waals surface area contributed by atoms with Crippen molar-refractivity contribution in [2.45, 2.75) is 56.1 Å². The zero-order valence-electron chi connectivity index (χ0n) is 14.2. The molecule has 1 aromatic rings. The number of piperidine rings is 3. The van der Waals surface area contributed by atoms with E-state index in [1.807, 2.05) is 30.3 Å². The summed E-state index contributed by atoms with van der Waals surface area (Å²) in [5.41, 5.74) is -0.0694. The van der Waals surface area contributed by atoms with E-state index in [2.05, 4.69) is 4.90 Å². The fourth-order valence-electron chi connectivity index (χ4n) is 4.85. The molecule has 3 aliphatic heterocycles. The van der Waals surface area contributed by atoms with Gasteiger partial charge >= 0.3 is 5.97 Å². The summed E-state index contributed by atoms with van der Waals surface area (Å²) in [6.07, 6.45) is 5.57. The molecule has 0 radical (unpaired) electrons. The van der Waals surface area contributed by atoms with Gasteiger partial charge in [-0.25, -0.2) is 0 Å². The molecule has 2 unspecified atom stereocenters. The largest absolute Gasteiger partial charge is 0.460 e. The van der Waals surface area contributed by atoms with Crippen molar-refractivity contribution < 1.29 is 14.6 Å². The molecule has 2 bridgehead atoms. The highest BCUT2D eigenvalue weighted by Gasteiger charge is 2.47. The molecule has 4 fully saturated rings. The van der Waals surface area contributed by atoms with E-state index in [1.165, 1.54) is 0 Å². The second kappa shape index (κ2) is 6.49. The maximum absolute atomic E-state index is 13.1. The lowest BCUT2D eigenvalue weighted by Crippen LogP contribution is -2.53. The Bertz CT molecular complexity index is 574. The summed E-state index contributed by atoms with van der Waals surface area (Å²) in [4.78, 5) is 15.5. The van der Waals surface area contributed by atoms with Gasteiger partial charge in [-0.15, -0.1) is 0 Å². The molecule has 24 heavy (non-hydrogen) atoms. The molecule has 130 valence electrons. The fourth-order valence-corrected chi connectivity index (χ4v) is 4.85. The summed E-state index contributed by atoms with van der Waals surface area (Å²) < 4.78 is 5.98. The summed E-state index contributed by atoms with van der Waals surface area (Å²) >= 11 is 0. The van der Waals surface area contributed by atoms with Gasteiger partial charge < -0.3 is 9.84 Å². The zero-order valence-corrected chi connectivity index (χ0v) is 14.2. The van der Waals surface area contributed by atoms with Crippen LogP contribution in [0.1, 0.15) is 50.0 Å². The Hall–Kier alpha value is -1.39. The summed E-state index contributed by atoms with van der Waals surface area (Å²) in [5.74, 6) is -0.297. The third-order valence-corrected chi connectivity index (χ3v) is 6.24. The Labute approximate surface area is 143 Å². The van der Waals surface area contributed by atoms with Crippen LogP contribution in [-0.4, -0.2) is 47.3 Å². The van der Waals surface area contributed by atoms with E-state index in [-0.39, 0.29) is 12.1 Å². The number of carbonyl (C=O) groups is 1. The lowest BCUT2D eigenvalue weighted by atomic mass is 9.80. The number of esters is 1. The maximum atomic E-state index is 13.1. The maximum Gasteiger partial charge on any atom is 0.316 e. The van der Waals surface area contributed by atoms with Crippen LogP contribution < -0.4 is 0 Å². The Balaban J connectivity index is 1.55. The molecule has 1 aliphatic carbocycles. The Morgan fingerprint density at radius 1 is 1.17 bits per heavy atom. The van der Waals surface area contributed by atoms with Gasteiger partial charge in [-0.3, -0.25) is 9.69 Å². The monoisotopic (exact) mass is 329 g/mol. The summed E-state index contributed by atoms with van der Waals surface area (Å²) in [5, 5.41) is 11.1. The van der Waals surface area contributed by atoms with Crippen LogP contribution >= 0.6 is 0 Å². The van der Waals surface area contributed by atoms with E-state index >= 15 is 0 Å². The molecule has 1 saturated carbocycles. The van der Waals surface area contributed by atoms with Crippen molar-refractivity contribution in [3.8, 4) is 0 Å². The van der Waals surface area contributed by atoms with Gasteiger partial charge in [0.1, 0.15) is 12.0 Å². The van der Waals surface area contributed by atoms with E-state index in [0.717, 1.165) is 50.9 Å². The summed E-state index contributed by atoms with van der Waals surface area (Å²) in [6, 6.07) is 9.69. The van der Waals surface area contributed by atoms with Crippen molar-refractivity contribution in [2.75, 3.05) is 19.6 Å². The Morgan fingerprint density at radius 2 is 1.83 bits per heavy atom. The molecule has 0 aromatic heterocycles. The summed E-state index contributed by atoms with van der Waals surface area (Å²) in [6.45, 7) is 3.12. The van der Waals surface area contributed by atoms with Crippen LogP contribution in [0.15, 0.2) is 30.3 Å². The third-order valence-electron chi connectivity index (χ3n) is 6.24. The van der Waals surface area contributed by atoms with Gasteiger partial charge in [0, 0.05) is 6.54 Å². The molecule has 4 nitrogen and oxygen atoms in total. The molecular weight excluding hydrogens is 302 g/mol. The van der Waals surface area contributed by atoms with Gasteiger partial charge in [0.15, 0.2) is 0 Å². The average molecular weight is 329 g/mol. The second-order valence-corrected chi connectivity index (χ2v) is 7.77. The topological polar surface area (TPSA) is 49.8 Å². The van der Waals surface area contributed by atoms with E-state index < -0.39 is 11.5 Å². The number of nitrogens with zero attached hydrogens (tertiary/aromatic N) is 1. The molecule has 3 saturated heterocycles. The number of rotatable bonds is 4. The first-order chi connectivity index (χ1) is 11.7. The predicted octanol–water partition coefficient (Wildman–Crippen LogP) is 2.71. The number of fused-ring (bicyclic) bond motifs is 3. The lowest BCUT2D eigenvalue weighted by molar-refractivity contribution is -0.167. The van der Waals surface area contributed by atoms with E-state index in [9.17, 15) is 9.90 Å². The van der Waals surface area contributed by atoms with Gasteiger partial charge in [-0.1, -0.05) is 43.2 Å². The number of carbonyl (C=O) groups excluding carboxylic acids is 1. The first-order valence-electron chi connectivity index (χ1n) is 9.36. The molecule has 1 N–H and O–H groups in total. The highest BCUT2D eigenvalue weighted by atomic mass is 16.5. The van der Waals surface area contributed by atoms with Crippen LogP contribution in [0.4, 0.5) is 0 Å². The van der Waals surface area contributed by atoms with Crippen molar-refractivity contribution in [3.63, 3.8) is 0 Å². The molecule has 0 amide bonds. The number of benzene rings is 1. The van der Waals surface area contributed by atoms with Crippen molar-refractivity contribution in [2.24, 2.45) is 5.92 Å². The van der Waals surface area contributed by atoms with E-state index in [0.29, 0.717) is 18.8 Å².